The molecule has 0 fully saturated rings. The van der Waals surface area contributed by atoms with E-state index in [1.54, 1.807) is 0 Å². The number of unbranched alkanes of at least 4 members (excludes halogenated alkanes) is 53. The second-order valence-corrected chi connectivity index (χ2v) is 40.3. The summed E-state index contributed by atoms with van der Waals surface area (Å²) in [5.41, 5.74) is 0. The first kappa shape index (κ1) is 132. The molecule has 0 spiro atoms. The van der Waals surface area contributed by atoms with Gasteiger partial charge in [0.05, 0.1) is 26.4 Å². The first-order chi connectivity index (χ1) is 67.2. The Labute approximate surface area is 840 Å². The first-order valence-corrected chi connectivity index (χ1v) is 59.1. The summed E-state index contributed by atoms with van der Waals surface area (Å²) in [6.07, 6.45) is 147. The predicted octanol–water partition coefficient (Wildman–Crippen LogP) is 36.2. The van der Waals surface area contributed by atoms with Crippen molar-refractivity contribution in [1.29, 1.82) is 0 Å². The van der Waals surface area contributed by atoms with E-state index in [-0.39, 0.29) is 19.3 Å². The molecule has 0 aromatic carbocycles. The Hall–Kier alpha value is -5.35. The third-order valence-electron chi connectivity index (χ3n) is 24.1. The average molecular weight is 1950 g/mol. The lowest BCUT2D eigenvalue weighted by Crippen LogP contribution is -2.30. The summed E-state index contributed by atoms with van der Waals surface area (Å²) in [4.78, 5) is 59.4. The molecular weight excluding hydrogens is 1750 g/mol. The molecule has 0 aromatic rings. The van der Waals surface area contributed by atoms with E-state index in [0.717, 1.165) is 161 Å². The highest BCUT2D eigenvalue weighted by Crippen LogP contribution is 2.45. The highest BCUT2D eigenvalue weighted by molar-refractivity contribution is 7.47. The number of carbonyl (C=O) groups excluding carboxylic acids is 3. The SMILES string of the molecule is CC/C=C\C/C=C\C/C=C\C/C=C\C/C=C\CCCCCCCCCCCCCCCCCCCCCC(=O)OCC(O)COP(=O)(O)OCC(O)COP(=O)(O)OCC(COC(=O)CCCCCCCCCCCCCCCCCCC/C=C\C/C=C\C/C=C\C/C=C\C/C=C\CC)OC(=O)CCCCCCCCCCCCCCCCCCC/C=C\C/C=C\C/C=C\C/C=C\C/C=C\CC. The molecule has 5 atom stereocenters. The van der Waals surface area contributed by atoms with Crippen LogP contribution in [0.1, 0.15) is 496 Å². The molecule has 4 N–H and O–H groups in total. The fraction of sp³-hybridized carbons (Fsp3) is 0.723. The summed E-state index contributed by atoms with van der Waals surface area (Å²) in [5.74, 6) is -1.55. The molecule has 0 radical (unpaired) electrons. The van der Waals surface area contributed by atoms with E-state index in [2.05, 4.69) is 203 Å². The summed E-state index contributed by atoms with van der Waals surface area (Å²) in [6, 6.07) is 0. The van der Waals surface area contributed by atoms with Gasteiger partial charge < -0.3 is 34.2 Å². The van der Waals surface area contributed by atoms with Crippen molar-refractivity contribution in [2.24, 2.45) is 0 Å². The van der Waals surface area contributed by atoms with E-state index in [1.807, 2.05) is 0 Å². The zero-order valence-electron chi connectivity index (χ0n) is 87.7. The second kappa shape index (κ2) is 109. The standard InChI is InChI=1S/C119H206O16P2/c1-4-7-10-13-16-19-22-25-28-31-34-37-40-43-46-49-52-55-56-59-61-63-66-69-72-75-78-81-84-87-90-93-96-99-102-105-117(122)129-108-114(120)109-131-136(125,126)132-110-115(121)111-133-137(127,128)134-113-116(135-119(124)107-104-101-98-95-92-89-86-83-80-77-74-71-68-65-62-58-54-51-48-45-42-39-36-33-30-27-24-21-18-15-12-9-6-3)112-130-118(123)106-103-100-97-94-91-88-85-82-79-76-73-70-67-64-60-57-53-50-47-44-41-38-35-32-29-26-23-20-17-14-11-8-5-2/h7-12,16-21,25-30,34-39,43-48,114-116,120-121H,4-6,13-15,22-24,31-33,40-42,49-113H2,1-3H3,(H,125,126)(H,127,128)/b10-7-,11-8-,12-9-,19-16-,20-17-,21-18-,28-25-,29-26-,30-27-,37-34-,38-35-,39-36-,46-43-,47-44-,48-45-. The van der Waals surface area contributed by atoms with E-state index >= 15 is 0 Å². The summed E-state index contributed by atoms with van der Waals surface area (Å²) in [6.45, 7) is 2.45. The Kier molecular flexibility index (Phi) is 105. The van der Waals surface area contributed by atoms with Gasteiger partial charge in [0.1, 0.15) is 25.4 Å². The lowest BCUT2D eigenvalue weighted by Gasteiger charge is -2.21. The quantitative estimate of drug-likeness (QED) is 0.0146. The molecule has 0 aliphatic carbocycles. The maximum atomic E-state index is 13.2. The van der Waals surface area contributed by atoms with Gasteiger partial charge in [-0.05, 0) is 154 Å². The maximum absolute atomic E-state index is 13.2. The zero-order chi connectivity index (χ0) is 99.2. The van der Waals surface area contributed by atoms with Crippen molar-refractivity contribution < 1.29 is 75.8 Å². The van der Waals surface area contributed by atoms with Gasteiger partial charge >= 0.3 is 33.6 Å². The minimum atomic E-state index is -4.95. The minimum absolute atomic E-state index is 0.104. The molecule has 0 bridgehead atoms. The van der Waals surface area contributed by atoms with Gasteiger partial charge in [-0.25, -0.2) is 9.13 Å². The van der Waals surface area contributed by atoms with Gasteiger partial charge in [0.15, 0.2) is 6.10 Å². The van der Waals surface area contributed by atoms with Crippen molar-refractivity contribution in [3.8, 4) is 0 Å². The van der Waals surface area contributed by atoms with E-state index in [4.69, 9.17) is 32.3 Å². The van der Waals surface area contributed by atoms with Crippen LogP contribution in [0.5, 0.6) is 0 Å². The fourth-order valence-corrected chi connectivity index (χ4v) is 17.4. The van der Waals surface area contributed by atoms with Crippen LogP contribution in [0.4, 0.5) is 0 Å². The Morgan fingerprint density at radius 1 is 0.204 bits per heavy atom. The largest absolute Gasteiger partial charge is 0.472 e. The fourth-order valence-electron chi connectivity index (χ4n) is 15.8. The highest BCUT2D eigenvalue weighted by atomic mass is 31.2. The number of phosphoric ester groups is 2. The van der Waals surface area contributed by atoms with Gasteiger partial charge in [-0.1, -0.05) is 505 Å². The Balaban J connectivity index is 4.58. The van der Waals surface area contributed by atoms with Crippen molar-refractivity contribution >= 4 is 33.6 Å². The van der Waals surface area contributed by atoms with Crippen LogP contribution in [0.2, 0.25) is 0 Å². The van der Waals surface area contributed by atoms with Crippen LogP contribution in [0.25, 0.3) is 0 Å². The zero-order valence-corrected chi connectivity index (χ0v) is 89.5. The van der Waals surface area contributed by atoms with Crippen molar-refractivity contribution in [2.45, 2.75) is 514 Å². The third-order valence-corrected chi connectivity index (χ3v) is 26.0. The van der Waals surface area contributed by atoms with Crippen LogP contribution in [0.15, 0.2) is 182 Å². The average Bonchev–Trinajstić information content (AvgIpc) is 0.896. The van der Waals surface area contributed by atoms with Crippen molar-refractivity contribution in [3.63, 3.8) is 0 Å². The normalized spacial score (nSPS) is 14.2. The molecule has 16 nitrogen and oxygen atoms in total. The molecule has 5 unspecified atom stereocenters. The Morgan fingerprint density at radius 3 is 0.577 bits per heavy atom. The molecule has 0 rings (SSSR count). The number of allylic oxidation sites excluding steroid dienone is 30. The number of rotatable bonds is 106. The number of aliphatic hydroxyl groups excluding tert-OH is 2. The summed E-state index contributed by atoms with van der Waals surface area (Å²) in [5, 5.41) is 20.8. The number of carbonyl (C=O) groups is 3. The Morgan fingerprint density at radius 2 is 0.365 bits per heavy atom. The van der Waals surface area contributed by atoms with Gasteiger partial charge in [-0.2, -0.15) is 0 Å². The summed E-state index contributed by atoms with van der Waals surface area (Å²) >= 11 is 0. The summed E-state index contributed by atoms with van der Waals surface area (Å²) < 4.78 is 61.9. The maximum Gasteiger partial charge on any atom is 0.472 e. The number of esters is 3. The predicted molar refractivity (Wildman–Crippen MR) is 583 cm³/mol. The number of ether oxygens (including phenoxy) is 3. The lowest BCUT2D eigenvalue weighted by molar-refractivity contribution is -0.161. The molecule has 0 aromatic heterocycles. The second-order valence-electron chi connectivity index (χ2n) is 37.4. The molecular formula is C119H206O16P2. The van der Waals surface area contributed by atoms with Crippen molar-refractivity contribution in [1.82, 2.24) is 0 Å². The third kappa shape index (κ3) is 111. The van der Waals surface area contributed by atoms with E-state index < -0.39 is 91.5 Å². The van der Waals surface area contributed by atoms with E-state index in [1.165, 1.54) is 276 Å². The minimum Gasteiger partial charge on any atom is -0.463 e. The van der Waals surface area contributed by atoms with Gasteiger partial charge in [-0.3, -0.25) is 32.5 Å². The number of aliphatic hydroxyl groups is 2. The lowest BCUT2D eigenvalue weighted by atomic mass is 10.0. The molecule has 0 saturated heterocycles. The van der Waals surface area contributed by atoms with Crippen molar-refractivity contribution in [2.75, 3.05) is 39.6 Å². The smallest absolute Gasteiger partial charge is 0.463 e. The van der Waals surface area contributed by atoms with E-state index in [9.17, 15) is 43.5 Å². The van der Waals surface area contributed by atoms with Crippen LogP contribution in [-0.4, -0.2) is 95.9 Å². The van der Waals surface area contributed by atoms with Crippen LogP contribution in [0, 0.1) is 0 Å². The van der Waals surface area contributed by atoms with Gasteiger partial charge in [-0.15, -0.1) is 0 Å². The molecule has 0 heterocycles. The molecule has 788 valence electrons. The van der Waals surface area contributed by atoms with Crippen molar-refractivity contribution in [3.05, 3.63) is 182 Å². The van der Waals surface area contributed by atoms with Crippen LogP contribution in [-0.2, 0) is 55.8 Å². The number of hydrogen-bond acceptors (Lipinski definition) is 14. The topological polar surface area (TPSA) is 231 Å². The van der Waals surface area contributed by atoms with Gasteiger partial charge in [0.25, 0.3) is 0 Å². The molecule has 0 aliphatic rings. The molecule has 0 amide bonds. The molecule has 0 saturated carbocycles. The molecule has 137 heavy (non-hydrogen) atoms. The summed E-state index contributed by atoms with van der Waals surface area (Å²) in [7, 11) is -9.82. The number of phosphoric acid groups is 2. The Bertz CT molecular complexity index is 3220. The molecule has 0 aliphatic heterocycles. The van der Waals surface area contributed by atoms with Crippen LogP contribution >= 0.6 is 15.6 Å². The monoisotopic (exact) mass is 1950 g/mol. The first-order valence-electron chi connectivity index (χ1n) is 56.1. The molecule has 18 heteroatoms. The number of hydrogen-bond donors (Lipinski definition) is 4. The van der Waals surface area contributed by atoms with Crippen LogP contribution < -0.4 is 0 Å². The van der Waals surface area contributed by atoms with Gasteiger partial charge in [0.2, 0.25) is 0 Å². The van der Waals surface area contributed by atoms with Crippen LogP contribution in [0.3, 0.4) is 0 Å². The van der Waals surface area contributed by atoms with E-state index in [0.29, 0.717) is 19.3 Å². The van der Waals surface area contributed by atoms with Gasteiger partial charge in [0, 0.05) is 19.3 Å². The highest BCUT2D eigenvalue weighted by Gasteiger charge is 2.30.